The summed E-state index contributed by atoms with van der Waals surface area (Å²) in [5.41, 5.74) is 0.602. The third-order valence-corrected chi connectivity index (χ3v) is 4.47. The van der Waals surface area contributed by atoms with Crippen LogP contribution in [-0.2, 0) is 10.0 Å². The second kappa shape index (κ2) is 6.37. The number of aliphatic hydroxyl groups is 1. The molecule has 2 rings (SSSR count). The average molecular weight is 312 g/mol. The molecule has 0 heterocycles. The lowest BCUT2D eigenvalue weighted by molar-refractivity contribution is 0.182. The van der Waals surface area contributed by atoms with Crippen LogP contribution in [0, 0.1) is 0 Å². The van der Waals surface area contributed by atoms with Crippen LogP contribution in [0.4, 0.5) is 0 Å². The van der Waals surface area contributed by atoms with Crippen molar-refractivity contribution in [2.45, 2.75) is 11.0 Å². The Balaban J connectivity index is 2.03. The van der Waals surface area contributed by atoms with Crippen molar-refractivity contribution in [2.24, 2.45) is 0 Å². The third kappa shape index (κ3) is 3.80. The lowest BCUT2D eigenvalue weighted by atomic mass is 10.1. The summed E-state index contributed by atoms with van der Waals surface area (Å²) >= 11 is 5.75. The molecule has 2 N–H and O–H groups in total. The van der Waals surface area contributed by atoms with Gasteiger partial charge in [-0.15, -0.1) is 0 Å². The molecule has 4 nitrogen and oxygen atoms in total. The SMILES string of the molecule is O=S(=O)(NCC(O)c1ccc(Cl)cc1)c1ccccc1. The van der Waals surface area contributed by atoms with Crippen molar-refractivity contribution in [1.82, 2.24) is 4.72 Å². The van der Waals surface area contributed by atoms with Crippen molar-refractivity contribution in [3.8, 4) is 0 Å². The highest BCUT2D eigenvalue weighted by molar-refractivity contribution is 7.89. The van der Waals surface area contributed by atoms with E-state index in [0.29, 0.717) is 10.6 Å². The molecule has 0 aliphatic carbocycles. The average Bonchev–Trinajstić information content (AvgIpc) is 2.46. The Morgan fingerprint density at radius 1 is 1.05 bits per heavy atom. The van der Waals surface area contributed by atoms with E-state index in [4.69, 9.17) is 11.6 Å². The molecule has 0 spiro atoms. The first kappa shape index (κ1) is 15.0. The number of aliphatic hydroxyl groups excluding tert-OH is 1. The first-order chi connectivity index (χ1) is 9.49. The van der Waals surface area contributed by atoms with E-state index < -0.39 is 16.1 Å². The van der Waals surface area contributed by atoms with E-state index in [1.54, 1.807) is 42.5 Å². The Labute approximate surface area is 123 Å². The van der Waals surface area contributed by atoms with Gasteiger partial charge in [0.25, 0.3) is 0 Å². The van der Waals surface area contributed by atoms with Gasteiger partial charge in [0.1, 0.15) is 0 Å². The highest BCUT2D eigenvalue weighted by atomic mass is 35.5. The van der Waals surface area contributed by atoms with E-state index in [1.165, 1.54) is 12.1 Å². The van der Waals surface area contributed by atoms with Crippen LogP contribution < -0.4 is 4.72 Å². The van der Waals surface area contributed by atoms with E-state index >= 15 is 0 Å². The molecule has 0 amide bonds. The molecule has 6 heteroatoms. The summed E-state index contributed by atoms with van der Waals surface area (Å²) in [6, 6.07) is 14.6. The fourth-order valence-electron chi connectivity index (χ4n) is 1.67. The molecule has 20 heavy (non-hydrogen) atoms. The maximum atomic E-state index is 12.0. The number of nitrogens with one attached hydrogen (secondary N) is 1. The van der Waals surface area contributed by atoms with Gasteiger partial charge in [0, 0.05) is 11.6 Å². The summed E-state index contributed by atoms with van der Waals surface area (Å²) in [4.78, 5) is 0.170. The van der Waals surface area contributed by atoms with Crippen LogP contribution in [-0.4, -0.2) is 20.1 Å². The molecule has 2 aromatic carbocycles. The molecule has 0 saturated carbocycles. The van der Waals surface area contributed by atoms with Crippen molar-refractivity contribution in [3.63, 3.8) is 0 Å². The van der Waals surface area contributed by atoms with Crippen molar-refractivity contribution >= 4 is 21.6 Å². The minimum Gasteiger partial charge on any atom is -0.387 e. The summed E-state index contributed by atoms with van der Waals surface area (Å²) in [5, 5.41) is 10.5. The van der Waals surface area contributed by atoms with Crippen molar-refractivity contribution in [1.29, 1.82) is 0 Å². The topological polar surface area (TPSA) is 66.4 Å². The predicted molar refractivity (Wildman–Crippen MR) is 78.0 cm³/mol. The highest BCUT2D eigenvalue weighted by Gasteiger charge is 2.16. The van der Waals surface area contributed by atoms with Crippen LogP contribution in [0.5, 0.6) is 0 Å². The molecule has 1 unspecified atom stereocenters. The van der Waals surface area contributed by atoms with Gasteiger partial charge in [-0.2, -0.15) is 0 Å². The Bertz CT molecular complexity index is 657. The van der Waals surface area contributed by atoms with Gasteiger partial charge in [0.05, 0.1) is 11.0 Å². The van der Waals surface area contributed by atoms with Crippen LogP contribution in [0.2, 0.25) is 5.02 Å². The lowest BCUT2D eigenvalue weighted by Gasteiger charge is -2.12. The summed E-state index contributed by atoms with van der Waals surface area (Å²) in [6.07, 6.45) is -0.925. The Morgan fingerprint density at radius 3 is 2.25 bits per heavy atom. The molecule has 1 atom stereocenters. The Morgan fingerprint density at radius 2 is 1.65 bits per heavy atom. The van der Waals surface area contributed by atoms with Gasteiger partial charge in [0.2, 0.25) is 10.0 Å². The van der Waals surface area contributed by atoms with Crippen molar-refractivity contribution in [3.05, 3.63) is 65.2 Å². The summed E-state index contributed by atoms with van der Waals surface area (Å²) < 4.78 is 26.3. The predicted octanol–water partition coefficient (Wildman–Crippen LogP) is 2.35. The van der Waals surface area contributed by atoms with Gasteiger partial charge in [-0.25, -0.2) is 13.1 Å². The molecule has 0 saturated heterocycles. The lowest BCUT2D eigenvalue weighted by Crippen LogP contribution is -2.28. The van der Waals surface area contributed by atoms with Crippen LogP contribution in [0.25, 0.3) is 0 Å². The maximum absolute atomic E-state index is 12.0. The zero-order valence-corrected chi connectivity index (χ0v) is 12.1. The Hall–Kier alpha value is -1.40. The highest BCUT2D eigenvalue weighted by Crippen LogP contribution is 2.16. The number of hydrogen-bond donors (Lipinski definition) is 2. The van der Waals surface area contributed by atoms with Gasteiger partial charge in [-0.3, -0.25) is 0 Å². The molecule has 0 radical (unpaired) electrons. The molecule has 0 aromatic heterocycles. The molecule has 106 valence electrons. The minimum atomic E-state index is -3.61. The van der Waals surface area contributed by atoms with E-state index in [2.05, 4.69) is 4.72 Å². The van der Waals surface area contributed by atoms with E-state index in [-0.39, 0.29) is 11.4 Å². The summed E-state index contributed by atoms with van der Waals surface area (Å²) in [7, 11) is -3.61. The molecule has 2 aromatic rings. The number of halogens is 1. The molecule has 0 aliphatic rings. The zero-order chi connectivity index (χ0) is 14.6. The van der Waals surface area contributed by atoms with E-state index in [9.17, 15) is 13.5 Å². The largest absolute Gasteiger partial charge is 0.387 e. The van der Waals surface area contributed by atoms with Crippen LogP contribution in [0.15, 0.2) is 59.5 Å². The van der Waals surface area contributed by atoms with Crippen LogP contribution >= 0.6 is 11.6 Å². The third-order valence-electron chi connectivity index (χ3n) is 2.77. The number of benzene rings is 2. The van der Waals surface area contributed by atoms with E-state index in [0.717, 1.165) is 0 Å². The second-order valence-corrected chi connectivity index (χ2v) is 6.44. The number of hydrogen-bond acceptors (Lipinski definition) is 3. The van der Waals surface area contributed by atoms with Gasteiger partial charge >= 0.3 is 0 Å². The maximum Gasteiger partial charge on any atom is 0.240 e. The minimum absolute atomic E-state index is 0.0984. The number of rotatable bonds is 5. The molecular formula is C14H14ClNO3S. The zero-order valence-electron chi connectivity index (χ0n) is 10.5. The fraction of sp³-hybridized carbons (Fsp3) is 0.143. The van der Waals surface area contributed by atoms with E-state index in [1.807, 2.05) is 0 Å². The van der Waals surface area contributed by atoms with Gasteiger partial charge in [0.15, 0.2) is 0 Å². The fourth-order valence-corrected chi connectivity index (χ4v) is 2.86. The Kier molecular flexibility index (Phi) is 4.77. The molecule has 0 fully saturated rings. The molecule has 0 aliphatic heterocycles. The van der Waals surface area contributed by atoms with Gasteiger partial charge in [-0.05, 0) is 29.8 Å². The quantitative estimate of drug-likeness (QED) is 0.891. The molecule has 0 bridgehead atoms. The smallest absolute Gasteiger partial charge is 0.240 e. The van der Waals surface area contributed by atoms with Gasteiger partial charge < -0.3 is 5.11 Å². The van der Waals surface area contributed by atoms with Crippen LogP contribution in [0.1, 0.15) is 11.7 Å². The van der Waals surface area contributed by atoms with Crippen molar-refractivity contribution in [2.75, 3.05) is 6.54 Å². The first-order valence-electron chi connectivity index (χ1n) is 5.97. The first-order valence-corrected chi connectivity index (χ1v) is 7.83. The second-order valence-electron chi connectivity index (χ2n) is 4.23. The van der Waals surface area contributed by atoms with Crippen molar-refractivity contribution < 1.29 is 13.5 Å². The molecular weight excluding hydrogens is 298 g/mol. The standard InChI is InChI=1S/C14H14ClNO3S/c15-12-8-6-11(7-9-12)14(17)10-16-20(18,19)13-4-2-1-3-5-13/h1-9,14,16-17H,10H2. The van der Waals surface area contributed by atoms with Gasteiger partial charge in [-0.1, -0.05) is 41.9 Å². The monoisotopic (exact) mass is 311 g/mol. The number of sulfonamides is 1. The summed E-state index contributed by atoms with van der Waals surface area (Å²) in [5.74, 6) is 0. The van der Waals surface area contributed by atoms with Crippen LogP contribution in [0.3, 0.4) is 0 Å². The summed E-state index contributed by atoms with van der Waals surface area (Å²) in [6.45, 7) is -0.0984. The normalized spacial score (nSPS) is 13.1.